The Labute approximate surface area is 516 Å². The fourth-order valence-electron chi connectivity index (χ4n) is 10.4. The molecule has 502 valence electrons. The molecule has 0 aliphatic carbocycles. The van der Waals surface area contributed by atoms with Crippen molar-refractivity contribution in [1.82, 2.24) is 0 Å². The van der Waals surface area contributed by atoms with E-state index >= 15 is 0 Å². The van der Waals surface area contributed by atoms with Crippen molar-refractivity contribution in [2.24, 2.45) is 0 Å². The topological polar surface area (TPSA) is 501 Å². The number of ether oxygens (including phenoxy) is 14. The van der Waals surface area contributed by atoms with E-state index < -0.39 is 210 Å². The molecule has 33 heteroatoms. The third-order valence-corrected chi connectivity index (χ3v) is 15.2. The zero-order valence-corrected chi connectivity index (χ0v) is 48.3. The zero-order chi connectivity index (χ0) is 66.0. The van der Waals surface area contributed by atoms with Gasteiger partial charge in [0.2, 0.25) is 5.79 Å². The van der Waals surface area contributed by atoms with Gasteiger partial charge >= 0.3 is 23.9 Å². The Morgan fingerprint density at radius 3 is 1.65 bits per heavy atom. The Morgan fingerprint density at radius 2 is 1.05 bits per heavy atom. The Balaban J connectivity index is 1.28. The van der Waals surface area contributed by atoms with Crippen LogP contribution in [0.2, 0.25) is 0 Å². The standard InChI is InChI=1S/C58H72O33/c1-25(63)79-23-36-41(70)49(86-54-45(74)43(72)39(68)32(19-59)81-54)47(76)56(84-36)87-50-48(85-38(67)17-12-27-10-15-30(65)31(18-27)78-2)35(22-62)83-57(51(50)88-55-46(75)44(73)40(69)33(20-60)82-55)91-58(24-80-37(66)16-11-26-8-13-29(64)14-9-26)52(42(71)34(21-61)90-58)89-53(77)28-6-4-3-5-7-28/h3-18,32-36,39-52,54-57,59-62,64-65,68-76H,19-24H2,1-2H3/b16-11+,17-12+/t32-,33+,34-,35-,36-,39+,40-,41+,42-,43-,44+,45-,46-,47-,48-,49+,50+,51-,52+,54+,55+,56+,57-,58-/m1/s1. The fraction of sp³-hybridized carbons (Fsp3) is 0.552. The highest BCUT2D eigenvalue weighted by atomic mass is 16.8. The summed E-state index contributed by atoms with van der Waals surface area (Å²) in [6.07, 6.45) is -45.3. The summed E-state index contributed by atoms with van der Waals surface area (Å²) < 4.78 is 82.8. The molecule has 0 amide bonds. The first kappa shape index (κ1) is 70.4. The summed E-state index contributed by atoms with van der Waals surface area (Å²) in [6.45, 7) is -5.58. The van der Waals surface area contributed by atoms with Gasteiger partial charge in [-0.3, -0.25) is 4.79 Å². The van der Waals surface area contributed by atoms with Gasteiger partial charge in [-0.05, 0) is 59.7 Å². The molecule has 5 aliphatic heterocycles. The monoisotopic (exact) mass is 1300 g/mol. The number of carbonyl (C=O) groups is 4. The predicted molar refractivity (Wildman–Crippen MR) is 294 cm³/mol. The predicted octanol–water partition coefficient (Wildman–Crippen LogP) is -5.54. The van der Waals surface area contributed by atoms with E-state index in [-0.39, 0.29) is 28.4 Å². The molecule has 24 atom stereocenters. The first-order valence-corrected chi connectivity index (χ1v) is 28.2. The smallest absolute Gasteiger partial charge is 0.338 e. The minimum atomic E-state index is -2.98. The number of aromatic hydroxyl groups is 2. The molecular weight excluding hydrogens is 1220 g/mol. The van der Waals surface area contributed by atoms with Crippen LogP contribution in [0.4, 0.5) is 0 Å². The number of aliphatic hydroxyl groups excluding tert-OH is 13. The van der Waals surface area contributed by atoms with Crippen LogP contribution in [-0.4, -0.2) is 294 Å². The van der Waals surface area contributed by atoms with E-state index in [0.717, 1.165) is 19.1 Å². The van der Waals surface area contributed by atoms with Crippen LogP contribution in [0.5, 0.6) is 17.2 Å². The van der Waals surface area contributed by atoms with Crippen molar-refractivity contribution in [1.29, 1.82) is 0 Å². The van der Waals surface area contributed by atoms with Crippen LogP contribution in [0.25, 0.3) is 12.2 Å². The molecule has 0 bridgehead atoms. The molecule has 5 saturated heterocycles. The number of hydrogen-bond acceptors (Lipinski definition) is 33. The molecular formula is C58H72O33. The molecule has 5 heterocycles. The number of methoxy groups -OCH3 is 1. The minimum Gasteiger partial charge on any atom is -0.508 e. The van der Waals surface area contributed by atoms with Crippen molar-refractivity contribution in [3.8, 4) is 17.2 Å². The Morgan fingerprint density at radius 1 is 0.516 bits per heavy atom. The fourth-order valence-corrected chi connectivity index (χ4v) is 10.4. The van der Waals surface area contributed by atoms with Crippen LogP contribution in [0.3, 0.4) is 0 Å². The van der Waals surface area contributed by atoms with Gasteiger partial charge in [0.25, 0.3) is 0 Å². The average molecular weight is 1300 g/mol. The van der Waals surface area contributed by atoms with Gasteiger partial charge in [0.05, 0.1) is 39.1 Å². The van der Waals surface area contributed by atoms with Gasteiger partial charge < -0.3 is 143 Å². The highest BCUT2D eigenvalue weighted by Crippen LogP contribution is 2.43. The first-order chi connectivity index (χ1) is 43.4. The largest absolute Gasteiger partial charge is 0.508 e. The summed E-state index contributed by atoms with van der Waals surface area (Å²) in [5.41, 5.74) is 0.448. The maximum absolute atomic E-state index is 14.2. The second-order valence-electron chi connectivity index (χ2n) is 21.4. The Bertz CT molecular complexity index is 2930. The van der Waals surface area contributed by atoms with E-state index in [4.69, 9.17) is 66.3 Å². The van der Waals surface area contributed by atoms with Crippen LogP contribution in [0.15, 0.2) is 84.9 Å². The molecule has 0 spiro atoms. The Kier molecular flexibility index (Phi) is 24.3. The molecule has 5 fully saturated rings. The molecule has 3 aromatic carbocycles. The second kappa shape index (κ2) is 31.4. The Hall–Kier alpha value is -6.46. The molecule has 15 N–H and O–H groups in total. The molecule has 5 aliphatic rings. The average Bonchev–Trinajstić information content (AvgIpc) is 1.77. The minimum absolute atomic E-state index is 0.0274. The van der Waals surface area contributed by atoms with Gasteiger partial charge in [0, 0.05) is 19.1 Å². The molecule has 3 aromatic rings. The molecule has 0 saturated carbocycles. The summed E-state index contributed by atoms with van der Waals surface area (Å²) in [5.74, 6) is -8.05. The summed E-state index contributed by atoms with van der Waals surface area (Å²) in [6, 6.07) is 16.5. The summed E-state index contributed by atoms with van der Waals surface area (Å²) in [7, 11) is 1.25. The lowest BCUT2D eigenvalue weighted by Gasteiger charge is -2.51. The lowest BCUT2D eigenvalue weighted by molar-refractivity contribution is -0.423. The van der Waals surface area contributed by atoms with E-state index in [1.165, 1.54) is 86.0 Å². The number of phenols is 2. The van der Waals surface area contributed by atoms with E-state index in [1.54, 1.807) is 6.07 Å². The number of aliphatic hydroxyl groups is 13. The third kappa shape index (κ3) is 16.5. The summed E-state index contributed by atoms with van der Waals surface area (Å²) in [4.78, 5) is 54.3. The van der Waals surface area contributed by atoms with Crippen molar-refractivity contribution in [2.75, 3.05) is 46.8 Å². The van der Waals surface area contributed by atoms with Gasteiger partial charge in [-0.15, -0.1) is 0 Å². The van der Waals surface area contributed by atoms with Crippen LogP contribution in [-0.2, 0) is 76.0 Å². The highest BCUT2D eigenvalue weighted by Gasteiger charge is 2.64. The van der Waals surface area contributed by atoms with Gasteiger partial charge in [-0.1, -0.05) is 36.4 Å². The second-order valence-corrected chi connectivity index (χ2v) is 21.4. The molecule has 91 heavy (non-hydrogen) atoms. The quantitative estimate of drug-likeness (QED) is 0.0226. The van der Waals surface area contributed by atoms with Crippen molar-refractivity contribution in [3.63, 3.8) is 0 Å². The van der Waals surface area contributed by atoms with Crippen molar-refractivity contribution >= 4 is 36.0 Å². The number of rotatable bonds is 24. The van der Waals surface area contributed by atoms with E-state index in [0.29, 0.717) is 5.56 Å². The number of carbonyl (C=O) groups excluding carboxylic acids is 4. The van der Waals surface area contributed by atoms with Crippen LogP contribution >= 0.6 is 0 Å². The van der Waals surface area contributed by atoms with Gasteiger partial charge in [-0.25, -0.2) is 14.4 Å². The van der Waals surface area contributed by atoms with Crippen molar-refractivity contribution in [3.05, 3.63) is 102 Å². The zero-order valence-electron chi connectivity index (χ0n) is 48.3. The maximum atomic E-state index is 14.2. The number of hydrogen-bond donors (Lipinski definition) is 15. The lowest BCUT2D eigenvalue weighted by Crippen LogP contribution is -2.69. The van der Waals surface area contributed by atoms with E-state index in [1.807, 2.05) is 0 Å². The highest BCUT2D eigenvalue weighted by molar-refractivity contribution is 5.90. The maximum Gasteiger partial charge on any atom is 0.338 e. The summed E-state index contributed by atoms with van der Waals surface area (Å²) >= 11 is 0. The number of benzene rings is 3. The van der Waals surface area contributed by atoms with Crippen molar-refractivity contribution < 1.29 is 162 Å². The van der Waals surface area contributed by atoms with Crippen LogP contribution in [0.1, 0.15) is 28.4 Å². The molecule has 0 unspecified atom stereocenters. The third-order valence-electron chi connectivity index (χ3n) is 15.2. The lowest BCUT2D eigenvalue weighted by atomic mass is 9.95. The van der Waals surface area contributed by atoms with Crippen LogP contribution < -0.4 is 4.74 Å². The van der Waals surface area contributed by atoms with Crippen molar-refractivity contribution in [2.45, 2.75) is 154 Å². The molecule has 33 nitrogen and oxygen atoms in total. The first-order valence-electron chi connectivity index (χ1n) is 28.2. The summed E-state index contributed by atoms with van der Waals surface area (Å²) in [5, 5.41) is 164. The van der Waals surface area contributed by atoms with Crippen LogP contribution in [0, 0.1) is 0 Å². The van der Waals surface area contributed by atoms with Gasteiger partial charge in [0.1, 0.15) is 123 Å². The van der Waals surface area contributed by atoms with E-state index in [9.17, 15) is 95.8 Å². The van der Waals surface area contributed by atoms with Gasteiger partial charge in [-0.2, -0.15) is 0 Å². The van der Waals surface area contributed by atoms with Gasteiger partial charge in [0.15, 0.2) is 48.9 Å². The molecule has 0 radical (unpaired) electrons. The number of phenolic OH excluding ortho intramolecular Hbond substituents is 2. The molecule has 8 rings (SSSR count). The normalized spacial score (nSPS) is 36.8. The SMILES string of the molecule is COc1cc(/C=C/C(=O)O[C@H]2[C@H](O[C@@H]3O[C@H](COC(C)=O)[C@H](O)[C@H](O[C@@H]4O[C@H](CO)[C@H](O)[C@@H](O)[C@H]4O)[C@H]3O)[C@@H](O[C@@H]3O[C@@H](CO)[C@@H](O)[C@H](O)[C@H]3O)[C@@H](O[C@@]3(COC(=O)/C=C/c4ccc(O)cc4)O[C@H](CO)[C@@H](O)[C@@H]3OC(=O)c3ccccc3)O[C@@H]2CO)ccc1O. The number of esters is 4. The molecule has 0 aromatic heterocycles. The van der Waals surface area contributed by atoms with E-state index in [2.05, 4.69) is 0 Å².